The molecule has 0 spiro atoms. The highest BCUT2D eigenvalue weighted by molar-refractivity contribution is 5.97. The maximum absolute atomic E-state index is 13.4. The van der Waals surface area contributed by atoms with E-state index in [1.54, 1.807) is 18.2 Å². The van der Waals surface area contributed by atoms with Crippen molar-refractivity contribution < 1.29 is 32.6 Å². The van der Waals surface area contributed by atoms with E-state index >= 15 is 0 Å². The largest absolute Gasteiger partial charge is 0.573 e. The number of carboxylic acids is 1. The number of aliphatic carboxylic acids is 1. The molecule has 3 aromatic carbocycles. The molecule has 1 aliphatic rings. The Morgan fingerprint density at radius 3 is 2.29 bits per heavy atom. The summed E-state index contributed by atoms with van der Waals surface area (Å²) < 4.78 is 41.8. The van der Waals surface area contributed by atoms with Crippen molar-refractivity contribution in [3.63, 3.8) is 0 Å². The summed E-state index contributed by atoms with van der Waals surface area (Å²) in [6.45, 7) is 1.31. The molecule has 0 aliphatic carbocycles. The molecule has 4 aromatic rings. The van der Waals surface area contributed by atoms with Crippen LogP contribution in [0, 0.1) is 0 Å². The first-order chi connectivity index (χ1) is 20.2. The summed E-state index contributed by atoms with van der Waals surface area (Å²) in [6.07, 6.45) is -1.63. The van der Waals surface area contributed by atoms with Gasteiger partial charge in [0.25, 0.3) is 5.91 Å². The molecule has 1 N–H and O–H groups in total. The van der Waals surface area contributed by atoms with Crippen LogP contribution in [0.3, 0.4) is 0 Å². The van der Waals surface area contributed by atoms with Gasteiger partial charge in [-0.3, -0.25) is 9.59 Å². The summed E-state index contributed by atoms with van der Waals surface area (Å²) in [5.41, 5.74) is 4.47. The van der Waals surface area contributed by atoms with Crippen molar-refractivity contribution in [2.75, 3.05) is 13.1 Å². The van der Waals surface area contributed by atoms with Crippen LogP contribution in [0.1, 0.15) is 59.6 Å². The fourth-order valence-corrected chi connectivity index (χ4v) is 5.34. The maximum Gasteiger partial charge on any atom is 0.573 e. The van der Waals surface area contributed by atoms with E-state index in [2.05, 4.69) is 16.9 Å². The number of hydrogen-bond donors (Lipinski definition) is 1. The molecular weight excluding hydrogens is 547 g/mol. The lowest BCUT2D eigenvalue weighted by Crippen LogP contribution is -2.37. The minimum Gasteiger partial charge on any atom is -0.481 e. The minimum atomic E-state index is -4.80. The summed E-state index contributed by atoms with van der Waals surface area (Å²) >= 11 is 0. The van der Waals surface area contributed by atoms with Gasteiger partial charge in [-0.1, -0.05) is 30.3 Å². The second kappa shape index (κ2) is 12.6. The number of benzene rings is 3. The SMILES string of the molecule is O=C(O)CCCCc1nc2cc(C(=O)N3CCC(c4ccccc4)CC3)ccc2nc1-c1ccc(OC(F)(F)F)cc1. The molecule has 42 heavy (non-hydrogen) atoms. The van der Waals surface area contributed by atoms with Crippen molar-refractivity contribution in [1.29, 1.82) is 0 Å². The van der Waals surface area contributed by atoms with Gasteiger partial charge < -0.3 is 14.7 Å². The highest BCUT2D eigenvalue weighted by Gasteiger charge is 2.31. The summed E-state index contributed by atoms with van der Waals surface area (Å²) in [7, 11) is 0. The first-order valence-electron chi connectivity index (χ1n) is 13.9. The number of likely N-dealkylation sites (tertiary alicyclic amines) is 1. The Morgan fingerprint density at radius 1 is 0.905 bits per heavy atom. The molecule has 1 amide bonds. The number of halogens is 3. The molecule has 0 bridgehead atoms. The van der Waals surface area contributed by atoms with Gasteiger partial charge in [0.05, 0.1) is 22.4 Å². The number of carbonyl (C=O) groups excluding carboxylic acids is 1. The zero-order valence-corrected chi connectivity index (χ0v) is 22.8. The summed E-state index contributed by atoms with van der Waals surface area (Å²) in [5.74, 6) is -0.888. The van der Waals surface area contributed by atoms with Crippen molar-refractivity contribution in [3.8, 4) is 17.0 Å². The molecule has 0 atom stereocenters. The third kappa shape index (κ3) is 7.23. The van der Waals surface area contributed by atoms with Gasteiger partial charge in [-0.2, -0.15) is 0 Å². The molecule has 1 saturated heterocycles. The predicted octanol–water partition coefficient (Wildman–Crippen LogP) is 7.01. The van der Waals surface area contributed by atoms with E-state index in [0.717, 1.165) is 12.8 Å². The first-order valence-corrected chi connectivity index (χ1v) is 13.9. The van der Waals surface area contributed by atoms with Gasteiger partial charge in [0, 0.05) is 30.6 Å². The Morgan fingerprint density at radius 2 is 1.62 bits per heavy atom. The fraction of sp³-hybridized carbons (Fsp3) is 0.312. The lowest BCUT2D eigenvalue weighted by molar-refractivity contribution is -0.274. The normalized spacial score (nSPS) is 14.2. The molecule has 1 aliphatic heterocycles. The average molecular weight is 578 g/mol. The van der Waals surface area contributed by atoms with E-state index < -0.39 is 12.3 Å². The molecule has 10 heteroatoms. The number of aryl methyl sites for hydroxylation is 1. The Labute approximate surface area is 241 Å². The van der Waals surface area contributed by atoms with Crippen LogP contribution in [0.4, 0.5) is 13.2 Å². The van der Waals surface area contributed by atoms with Crippen molar-refractivity contribution in [1.82, 2.24) is 14.9 Å². The van der Waals surface area contributed by atoms with Gasteiger partial charge in [0.1, 0.15) is 5.75 Å². The molecule has 1 aromatic heterocycles. The number of rotatable bonds is 9. The highest BCUT2D eigenvalue weighted by atomic mass is 19.4. The summed E-state index contributed by atoms with van der Waals surface area (Å²) in [6, 6.07) is 20.9. The second-order valence-corrected chi connectivity index (χ2v) is 10.4. The number of hydrogen-bond acceptors (Lipinski definition) is 5. The van der Waals surface area contributed by atoms with Gasteiger partial charge in [0.15, 0.2) is 0 Å². The van der Waals surface area contributed by atoms with E-state index in [9.17, 15) is 22.8 Å². The van der Waals surface area contributed by atoms with Gasteiger partial charge in [-0.15, -0.1) is 13.2 Å². The Kier molecular flexibility index (Phi) is 8.70. The van der Waals surface area contributed by atoms with E-state index in [1.807, 2.05) is 23.1 Å². The highest BCUT2D eigenvalue weighted by Crippen LogP contribution is 2.31. The Balaban J connectivity index is 1.38. The monoisotopic (exact) mass is 577 g/mol. The minimum absolute atomic E-state index is 0.0133. The van der Waals surface area contributed by atoms with Crippen LogP contribution in [0.25, 0.3) is 22.3 Å². The van der Waals surface area contributed by atoms with E-state index in [0.29, 0.717) is 71.8 Å². The lowest BCUT2D eigenvalue weighted by Gasteiger charge is -2.32. The van der Waals surface area contributed by atoms with Crippen LogP contribution in [-0.4, -0.2) is 51.3 Å². The van der Waals surface area contributed by atoms with Gasteiger partial charge in [0.2, 0.25) is 0 Å². The molecule has 2 heterocycles. The van der Waals surface area contributed by atoms with Gasteiger partial charge >= 0.3 is 12.3 Å². The van der Waals surface area contributed by atoms with Gasteiger partial charge in [-0.25, -0.2) is 9.97 Å². The van der Waals surface area contributed by atoms with E-state index in [4.69, 9.17) is 15.1 Å². The van der Waals surface area contributed by atoms with Crippen LogP contribution < -0.4 is 4.74 Å². The van der Waals surface area contributed by atoms with Crippen LogP contribution in [0.5, 0.6) is 5.75 Å². The standard InChI is InChI=1S/C32H30F3N3O4/c33-32(34,35)42-25-13-10-23(11-14-25)30-27(8-4-5-9-29(39)40)36-28-20-24(12-15-26(28)37-30)31(41)38-18-16-22(17-19-38)21-6-2-1-3-7-21/h1-3,6-7,10-15,20,22H,4-5,8-9,16-19H2,(H,39,40). The van der Waals surface area contributed by atoms with Crippen molar-refractivity contribution >= 4 is 22.9 Å². The number of aromatic nitrogens is 2. The number of unbranched alkanes of at least 4 members (excludes halogenated alkanes) is 1. The van der Waals surface area contributed by atoms with Crippen LogP contribution in [-0.2, 0) is 11.2 Å². The van der Waals surface area contributed by atoms with E-state index in [1.165, 1.54) is 29.8 Å². The number of fused-ring (bicyclic) bond motifs is 1. The molecule has 1 fully saturated rings. The number of nitrogens with zero attached hydrogens (tertiary/aromatic N) is 3. The van der Waals surface area contributed by atoms with Crippen LogP contribution >= 0.6 is 0 Å². The molecule has 0 saturated carbocycles. The third-order valence-corrected chi connectivity index (χ3v) is 7.45. The predicted molar refractivity (Wildman–Crippen MR) is 151 cm³/mol. The van der Waals surface area contributed by atoms with Crippen LogP contribution in [0.15, 0.2) is 72.8 Å². The molecule has 7 nitrogen and oxygen atoms in total. The summed E-state index contributed by atoms with van der Waals surface area (Å²) in [5, 5.41) is 9.00. The number of ether oxygens (including phenoxy) is 1. The number of carboxylic acid groups (broad SMARTS) is 1. The van der Waals surface area contributed by atoms with Crippen molar-refractivity contribution in [2.24, 2.45) is 0 Å². The molecule has 218 valence electrons. The Bertz CT molecular complexity index is 1550. The maximum atomic E-state index is 13.4. The molecule has 5 rings (SSSR count). The number of carbonyl (C=O) groups is 2. The van der Waals surface area contributed by atoms with Crippen LogP contribution in [0.2, 0.25) is 0 Å². The number of amides is 1. The molecular formula is C32H30F3N3O4. The lowest BCUT2D eigenvalue weighted by atomic mass is 9.89. The average Bonchev–Trinajstić information content (AvgIpc) is 2.98. The Hall–Kier alpha value is -4.47. The fourth-order valence-electron chi connectivity index (χ4n) is 5.34. The number of alkyl halides is 3. The summed E-state index contributed by atoms with van der Waals surface area (Å²) in [4.78, 5) is 35.8. The first kappa shape index (κ1) is 29.0. The topological polar surface area (TPSA) is 92.6 Å². The zero-order valence-electron chi connectivity index (χ0n) is 22.8. The third-order valence-electron chi connectivity index (χ3n) is 7.45. The van der Waals surface area contributed by atoms with Gasteiger partial charge in [-0.05, 0) is 86.1 Å². The number of piperidine rings is 1. The molecule has 0 radical (unpaired) electrons. The quantitative estimate of drug-likeness (QED) is 0.215. The van der Waals surface area contributed by atoms with Crippen molar-refractivity contribution in [3.05, 3.63) is 89.6 Å². The zero-order chi connectivity index (χ0) is 29.7. The van der Waals surface area contributed by atoms with E-state index in [-0.39, 0.29) is 18.1 Å². The second-order valence-electron chi connectivity index (χ2n) is 10.4. The smallest absolute Gasteiger partial charge is 0.481 e. The van der Waals surface area contributed by atoms with Crippen molar-refractivity contribution in [2.45, 2.75) is 50.8 Å². The molecule has 0 unspecified atom stereocenters.